The number of sulfone groups is 1. The van der Waals surface area contributed by atoms with Crippen LogP contribution in [0.15, 0.2) is 78.4 Å². The first-order chi connectivity index (χ1) is 20.1. The fourth-order valence-electron chi connectivity index (χ4n) is 4.71. The smallest absolute Gasteiger partial charge is 0.295 e. The average molecular weight is 588 g/mol. The number of hydrogen-bond donors (Lipinski definition) is 3. The van der Waals surface area contributed by atoms with Crippen molar-refractivity contribution < 1.29 is 18.3 Å². The van der Waals surface area contributed by atoms with Crippen LogP contribution in [-0.2, 0) is 9.84 Å². The van der Waals surface area contributed by atoms with Gasteiger partial charge in [0.2, 0.25) is 5.82 Å². The summed E-state index contributed by atoms with van der Waals surface area (Å²) in [5.41, 5.74) is 9.41. The Hall–Kier alpha value is -4.95. The number of amides is 1. The van der Waals surface area contributed by atoms with Crippen molar-refractivity contribution in [3.8, 4) is 22.4 Å². The Kier molecular flexibility index (Phi) is 7.83. The zero-order valence-corrected chi connectivity index (χ0v) is 23.9. The van der Waals surface area contributed by atoms with Crippen molar-refractivity contribution >= 4 is 27.2 Å². The van der Waals surface area contributed by atoms with Crippen molar-refractivity contribution in [1.82, 2.24) is 39.7 Å². The summed E-state index contributed by atoms with van der Waals surface area (Å²) in [6.07, 6.45) is 7.14. The molecule has 0 spiro atoms. The van der Waals surface area contributed by atoms with Gasteiger partial charge in [0.25, 0.3) is 5.91 Å². The van der Waals surface area contributed by atoms with Crippen LogP contribution in [0.4, 0.5) is 5.82 Å². The van der Waals surface area contributed by atoms with E-state index in [4.69, 9.17) is 5.73 Å². The number of allylic oxidation sites excluding steroid dienone is 1. The molecule has 13 nitrogen and oxygen atoms in total. The summed E-state index contributed by atoms with van der Waals surface area (Å²) in [6, 6.07) is 12.8. The number of carbonyl (C=O) groups is 1. The molecule has 0 bridgehead atoms. The molecule has 1 amide bonds. The second-order valence-electron chi connectivity index (χ2n) is 9.70. The fourth-order valence-corrected chi connectivity index (χ4v) is 5.74. The highest BCUT2D eigenvalue weighted by Crippen LogP contribution is 2.34. The Morgan fingerprint density at radius 3 is 2.52 bits per heavy atom. The Bertz CT molecular complexity index is 1850. The number of hydrogen-bond acceptors (Lipinski definition) is 10. The highest BCUT2D eigenvalue weighted by atomic mass is 32.2. The van der Waals surface area contributed by atoms with Crippen LogP contribution in [0.1, 0.15) is 42.7 Å². The molecule has 5 aromatic rings. The lowest BCUT2D eigenvalue weighted by molar-refractivity contribution is 0.0696. The van der Waals surface area contributed by atoms with Gasteiger partial charge in [-0.3, -0.25) is 14.9 Å². The molecule has 14 heteroatoms. The van der Waals surface area contributed by atoms with Gasteiger partial charge >= 0.3 is 0 Å². The zero-order chi connectivity index (χ0) is 30.0. The van der Waals surface area contributed by atoms with Crippen molar-refractivity contribution in [1.29, 1.82) is 0 Å². The molecule has 2 atom stereocenters. The van der Waals surface area contributed by atoms with Gasteiger partial charge in [0.1, 0.15) is 17.0 Å². The molecule has 216 valence electrons. The van der Waals surface area contributed by atoms with E-state index in [2.05, 4.69) is 30.2 Å². The third-order valence-corrected chi connectivity index (χ3v) is 7.85. The van der Waals surface area contributed by atoms with Crippen molar-refractivity contribution in [3.05, 3.63) is 85.0 Å². The summed E-state index contributed by atoms with van der Waals surface area (Å²) < 4.78 is 27.0. The van der Waals surface area contributed by atoms with Crippen molar-refractivity contribution in [2.75, 3.05) is 12.0 Å². The first kappa shape index (κ1) is 28.6. The second-order valence-corrected chi connectivity index (χ2v) is 11.7. The van der Waals surface area contributed by atoms with Gasteiger partial charge in [0.05, 0.1) is 23.7 Å². The lowest BCUT2D eigenvalue weighted by atomic mass is 10.1. The number of nitrogens with one attached hydrogen (secondary N) is 1. The van der Waals surface area contributed by atoms with Crippen molar-refractivity contribution in [2.24, 2.45) is 0 Å². The predicted octanol–water partition coefficient (Wildman–Crippen LogP) is 3.05. The maximum atomic E-state index is 13.0. The fraction of sp³-hybridized carbons (Fsp3) is 0.214. The molecule has 0 unspecified atom stereocenters. The molecule has 0 radical (unpaired) electrons. The quantitative estimate of drug-likeness (QED) is 0.231. The van der Waals surface area contributed by atoms with E-state index >= 15 is 0 Å². The topological polar surface area (TPSA) is 185 Å². The lowest BCUT2D eigenvalue weighted by Crippen LogP contribution is -2.36. The van der Waals surface area contributed by atoms with Crippen LogP contribution < -0.4 is 5.73 Å². The first-order valence-electron chi connectivity index (χ1n) is 13.0. The van der Waals surface area contributed by atoms with Gasteiger partial charge in [0, 0.05) is 41.4 Å². The molecule has 0 aliphatic heterocycles. The van der Waals surface area contributed by atoms with Gasteiger partial charge in [-0.2, -0.15) is 14.7 Å². The molecule has 0 saturated heterocycles. The number of nitrogens with zero attached hydrogens (tertiary/aromatic N) is 7. The third-order valence-electron chi connectivity index (χ3n) is 6.70. The molecule has 42 heavy (non-hydrogen) atoms. The van der Waals surface area contributed by atoms with E-state index in [1.54, 1.807) is 32.3 Å². The van der Waals surface area contributed by atoms with Crippen LogP contribution in [0.25, 0.3) is 28.0 Å². The Labute approximate surface area is 241 Å². The number of carbonyl (C=O) groups excluding carboxylic acids is 1. The normalized spacial score (nSPS) is 13.4. The predicted molar refractivity (Wildman–Crippen MR) is 156 cm³/mol. The van der Waals surface area contributed by atoms with Gasteiger partial charge < -0.3 is 15.7 Å². The van der Waals surface area contributed by atoms with Crippen LogP contribution in [-0.4, -0.2) is 71.4 Å². The molecule has 4 N–H and O–H groups in total. The Morgan fingerprint density at radius 1 is 1.14 bits per heavy atom. The Balaban J connectivity index is 1.54. The van der Waals surface area contributed by atoms with E-state index in [-0.39, 0.29) is 34.3 Å². The molecular weight excluding hydrogens is 558 g/mol. The molecule has 4 aromatic heterocycles. The van der Waals surface area contributed by atoms with Gasteiger partial charge in [0.15, 0.2) is 15.5 Å². The van der Waals surface area contributed by atoms with E-state index in [1.807, 2.05) is 42.5 Å². The number of aliphatic hydroxyl groups excluding tert-OH is 1. The number of benzene rings is 1. The van der Waals surface area contributed by atoms with E-state index in [0.717, 1.165) is 17.5 Å². The highest BCUT2D eigenvalue weighted by molar-refractivity contribution is 7.91. The standard InChI is InChI=1S/C28H29N9O4S/c1-4-12-36(28(39)26-31-16-32-35-26)17(2)13-22(38)23-24(42(3,40)41)25(29)37-27(34-23)20(15-33-37)19-10-11-21(30-14-19)18-8-6-5-7-9-18/h4-12,14-17,22,38H,13,29H2,1-3H3,(H,31,32,35)/b12-4-/t17-,22-/m1/s1. The van der Waals surface area contributed by atoms with E-state index in [9.17, 15) is 18.3 Å². The largest absolute Gasteiger partial charge is 0.387 e. The highest BCUT2D eigenvalue weighted by Gasteiger charge is 2.31. The SMILES string of the molecule is C/C=C\N(C(=O)c1ncn[nH]1)[C@H](C)C[C@@H](O)c1nc2c(-c3ccc(-c4ccccc4)nc3)cnn2c(N)c1S(C)(=O)=O. The maximum absolute atomic E-state index is 13.0. The number of H-pyrrole nitrogens is 1. The van der Waals surface area contributed by atoms with Crippen LogP contribution in [0.2, 0.25) is 0 Å². The summed E-state index contributed by atoms with van der Waals surface area (Å²) in [5, 5.41) is 21.9. The first-order valence-corrected chi connectivity index (χ1v) is 14.9. The average Bonchev–Trinajstić information content (AvgIpc) is 3.66. The van der Waals surface area contributed by atoms with Crippen LogP contribution >= 0.6 is 0 Å². The third kappa shape index (κ3) is 5.49. The maximum Gasteiger partial charge on any atom is 0.295 e. The van der Waals surface area contributed by atoms with E-state index in [0.29, 0.717) is 11.1 Å². The van der Waals surface area contributed by atoms with Crippen LogP contribution in [0, 0.1) is 0 Å². The number of aliphatic hydroxyl groups is 1. The molecule has 0 saturated carbocycles. The van der Waals surface area contributed by atoms with E-state index in [1.165, 1.54) is 21.9 Å². The summed E-state index contributed by atoms with van der Waals surface area (Å²) >= 11 is 0. The molecule has 5 rings (SSSR count). The number of rotatable bonds is 9. The minimum absolute atomic E-state index is 0.0193. The van der Waals surface area contributed by atoms with Crippen molar-refractivity contribution in [2.45, 2.75) is 37.3 Å². The molecular formula is C28H29N9O4S. The monoisotopic (exact) mass is 587 g/mol. The molecule has 4 heterocycles. The zero-order valence-electron chi connectivity index (χ0n) is 23.1. The number of pyridine rings is 1. The summed E-state index contributed by atoms with van der Waals surface area (Å²) in [7, 11) is -3.95. The number of nitrogens with two attached hydrogens (primary N) is 1. The number of anilines is 1. The van der Waals surface area contributed by atoms with Gasteiger partial charge in [-0.15, -0.1) is 0 Å². The molecule has 1 aromatic carbocycles. The lowest BCUT2D eigenvalue weighted by Gasteiger charge is -2.27. The van der Waals surface area contributed by atoms with E-state index < -0.39 is 27.9 Å². The number of nitrogen functional groups attached to an aromatic ring is 1. The summed E-state index contributed by atoms with van der Waals surface area (Å²) in [6.45, 7) is 3.45. The van der Waals surface area contributed by atoms with Crippen molar-refractivity contribution in [3.63, 3.8) is 0 Å². The minimum Gasteiger partial charge on any atom is -0.387 e. The number of aromatic nitrogens is 7. The molecule has 0 fully saturated rings. The Morgan fingerprint density at radius 2 is 1.90 bits per heavy atom. The van der Waals surface area contributed by atoms with Crippen LogP contribution in [0.5, 0.6) is 0 Å². The molecule has 0 aliphatic carbocycles. The summed E-state index contributed by atoms with van der Waals surface area (Å²) in [5.74, 6) is -0.640. The molecule has 0 aliphatic rings. The second kappa shape index (κ2) is 11.5. The van der Waals surface area contributed by atoms with Gasteiger partial charge in [-0.25, -0.2) is 18.4 Å². The minimum atomic E-state index is -3.95. The number of aromatic amines is 1. The van der Waals surface area contributed by atoms with Crippen LogP contribution in [0.3, 0.4) is 0 Å². The summed E-state index contributed by atoms with van der Waals surface area (Å²) in [4.78, 5) is 27.1. The van der Waals surface area contributed by atoms with Gasteiger partial charge in [-0.05, 0) is 26.3 Å². The number of fused-ring (bicyclic) bond motifs is 1. The van der Waals surface area contributed by atoms with Gasteiger partial charge in [-0.1, -0.05) is 42.5 Å².